The van der Waals surface area contributed by atoms with Gasteiger partial charge in [0.05, 0.1) is 11.6 Å². The third-order valence-corrected chi connectivity index (χ3v) is 3.31. The van der Waals surface area contributed by atoms with Crippen molar-refractivity contribution in [1.29, 1.82) is 5.26 Å². The number of hydrogen-bond donors (Lipinski definition) is 1. The summed E-state index contributed by atoms with van der Waals surface area (Å²) in [5.41, 5.74) is 0.570. The number of carbonyl (C=O) groups excluding carboxylic acids is 1. The molecule has 1 N–H and O–H groups in total. The molecule has 1 unspecified atom stereocenters. The van der Waals surface area contributed by atoms with E-state index < -0.39 is 0 Å². The van der Waals surface area contributed by atoms with Crippen molar-refractivity contribution < 1.29 is 9.53 Å². The van der Waals surface area contributed by atoms with E-state index in [4.69, 9.17) is 10.00 Å². The first-order chi connectivity index (χ1) is 8.65. The number of nitrogens with one attached hydrogen (secondary N) is 1. The van der Waals surface area contributed by atoms with Gasteiger partial charge in [-0.25, -0.2) is 0 Å². The lowest BCUT2D eigenvalue weighted by Gasteiger charge is -2.10. The largest absolute Gasteiger partial charge is 0.484 e. The Kier molecular flexibility index (Phi) is 6.09. The zero-order chi connectivity index (χ0) is 13.4. The van der Waals surface area contributed by atoms with Crippen molar-refractivity contribution >= 4 is 17.7 Å². The minimum Gasteiger partial charge on any atom is -0.484 e. The summed E-state index contributed by atoms with van der Waals surface area (Å²) in [6.45, 7) is 2.68. The van der Waals surface area contributed by atoms with Gasteiger partial charge in [0.15, 0.2) is 6.61 Å². The molecule has 0 fully saturated rings. The second kappa shape index (κ2) is 7.62. The molecule has 0 saturated carbocycles. The van der Waals surface area contributed by atoms with Gasteiger partial charge in [0, 0.05) is 11.8 Å². The maximum atomic E-state index is 11.5. The first-order valence-corrected chi connectivity index (χ1v) is 6.87. The summed E-state index contributed by atoms with van der Waals surface area (Å²) in [5, 5.41) is 11.8. The normalized spacial score (nSPS) is 11.4. The summed E-state index contributed by atoms with van der Waals surface area (Å²) in [4.78, 5) is 11.5. The fourth-order valence-electron chi connectivity index (χ4n) is 1.17. The summed E-state index contributed by atoms with van der Waals surface area (Å²) in [5.74, 6) is 0.447. The van der Waals surface area contributed by atoms with Gasteiger partial charge in [-0.3, -0.25) is 4.79 Å². The Hall–Kier alpha value is -1.67. The van der Waals surface area contributed by atoms with Crippen molar-refractivity contribution in [2.45, 2.75) is 12.2 Å². The average molecular weight is 264 g/mol. The summed E-state index contributed by atoms with van der Waals surface area (Å²) in [6, 6.07) is 8.69. The molecule has 1 aromatic carbocycles. The number of nitrogens with zero attached hydrogens (tertiary/aromatic N) is 1. The predicted octanol–water partition coefficient (Wildman–Crippen LogP) is 1.80. The van der Waals surface area contributed by atoms with Gasteiger partial charge in [0.2, 0.25) is 0 Å². The molecule has 0 spiro atoms. The highest BCUT2D eigenvalue weighted by atomic mass is 32.2. The molecule has 5 heteroatoms. The SMILES string of the molecule is CSC(C)CNC(=O)COc1ccc(C#N)cc1. The summed E-state index contributed by atoms with van der Waals surface area (Å²) >= 11 is 1.70. The Morgan fingerprint density at radius 1 is 1.50 bits per heavy atom. The molecule has 0 radical (unpaired) electrons. The molecule has 1 aromatic rings. The Bertz CT molecular complexity index is 426. The molecule has 1 amide bonds. The third-order valence-electron chi connectivity index (χ3n) is 2.34. The first-order valence-electron chi connectivity index (χ1n) is 5.58. The molecule has 1 atom stereocenters. The van der Waals surface area contributed by atoms with Crippen LogP contribution in [0, 0.1) is 11.3 Å². The Labute approximate surface area is 111 Å². The molecule has 0 aliphatic carbocycles. The molecule has 18 heavy (non-hydrogen) atoms. The minimum absolute atomic E-state index is 0.00694. The predicted molar refractivity (Wildman–Crippen MR) is 72.6 cm³/mol. The molecular formula is C13H16N2O2S. The van der Waals surface area contributed by atoms with Gasteiger partial charge in [0.25, 0.3) is 5.91 Å². The van der Waals surface area contributed by atoms with E-state index in [9.17, 15) is 4.79 Å². The molecule has 0 aliphatic rings. The van der Waals surface area contributed by atoms with Gasteiger partial charge in [-0.2, -0.15) is 17.0 Å². The van der Waals surface area contributed by atoms with Crippen LogP contribution in [-0.4, -0.2) is 30.6 Å². The molecule has 96 valence electrons. The number of benzene rings is 1. The molecule has 0 aromatic heterocycles. The second-order valence-corrected chi connectivity index (χ2v) is 5.05. The lowest BCUT2D eigenvalue weighted by Crippen LogP contribution is -2.33. The van der Waals surface area contributed by atoms with E-state index in [1.807, 2.05) is 19.2 Å². The molecule has 4 nitrogen and oxygen atoms in total. The van der Waals surface area contributed by atoms with Gasteiger partial charge in [-0.05, 0) is 30.5 Å². The fraction of sp³-hybridized carbons (Fsp3) is 0.385. The number of carbonyl (C=O) groups is 1. The lowest BCUT2D eigenvalue weighted by atomic mass is 10.2. The minimum atomic E-state index is -0.139. The third kappa shape index (κ3) is 5.11. The van der Waals surface area contributed by atoms with Crippen LogP contribution in [0.1, 0.15) is 12.5 Å². The standard InChI is InChI=1S/C13H16N2O2S/c1-10(18-2)8-15-13(16)9-17-12-5-3-11(7-14)4-6-12/h3-6,10H,8-9H2,1-2H3,(H,15,16). The number of ether oxygens (including phenoxy) is 1. The quantitative estimate of drug-likeness (QED) is 0.851. The van der Waals surface area contributed by atoms with Crippen LogP contribution >= 0.6 is 11.8 Å². The van der Waals surface area contributed by atoms with Crippen molar-refractivity contribution in [3.8, 4) is 11.8 Å². The van der Waals surface area contributed by atoms with E-state index in [0.29, 0.717) is 23.1 Å². The summed E-state index contributed by atoms with van der Waals surface area (Å²) in [6.07, 6.45) is 2.00. The van der Waals surface area contributed by atoms with Crippen LogP contribution < -0.4 is 10.1 Å². The van der Waals surface area contributed by atoms with E-state index in [1.54, 1.807) is 36.0 Å². The van der Waals surface area contributed by atoms with Crippen LogP contribution in [0.3, 0.4) is 0 Å². The monoisotopic (exact) mass is 264 g/mol. The number of rotatable bonds is 6. The highest BCUT2D eigenvalue weighted by molar-refractivity contribution is 7.99. The molecule has 1 rings (SSSR count). The molecular weight excluding hydrogens is 248 g/mol. The zero-order valence-electron chi connectivity index (χ0n) is 10.5. The summed E-state index contributed by atoms with van der Waals surface area (Å²) < 4.78 is 5.30. The van der Waals surface area contributed by atoms with E-state index in [2.05, 4.69) is 5.32 Å². The highest BCUT2D eigenvalue weighted by Gasteiger charge is 2.05. The maximum absolute atomic E-state index is 11.5. The van der Waals surface area contributed by atoms with E-state index in [1.165, 1.54) is 0 Å². The van der Waals surface area contributed by atoms with Crippen molar-refractivity contribution in [2.75, 3.05) is 19.4 Å². The Morgan fingerprint density at radius 3 is 2.72 bits per heavy atom. The van der Waals surface area contributed by atoms with Crippen molar-refractivity contribution in [3.05, 3.63) is 29.8 Å². The van der Waals surface area contributed by atoms with Crippen LogP contribution in [0.5, 0.6) is 5.75 Å². The molecule has 0 bridgehead atoms. The van der Waals surface area contributed by atoms with Gasteiger partial charge in [-0.15, -0.1) is 0 Å². The van der Waals surface area contributed by atoms with Crippen molar-refractivity contribution in [2.24, 2.45) is 0 Å². The number of nitriles is 1. The smallest absolute Gasteiger partial charge is 0.257 e. The van der Waals surface area contributed by atoms with Crippen LogP contribution in [0.4, 0.5) is 0 Å². The van der Waals surface area contributed by atoms with Crippen molar-refractivity contribution in [3.63, 3.8) is 0 Å². The molecule has 0 aliphatic heterocycles. The van der Waals surface area contributed by atoms with E-state index >= 15 is 0 Å². The highest BCUT2D eigenvalue weighted by Crippen LogP contribution is 2.11. The van der Waals surface area contributed by atoms with Gasteiger partial charge in [0.1, 0.15) is 5.75 Å². The topological polar surface area (TPSA) is 62.1 Å². The molecule has 0 saturated heterocycles. The average Bonchev–Trinajstić information content (AvgIpc) is 2.42. The second-order valence-electron chi connectivity index (χ2n) is 3.78. The van der Waals surface area contributed by atoms with Crippen LogP contribution in [0.25, 0.3) is 0 Å². The number of hydrogen-bond acceptors (Lipinski definition) is 4. The Balaban J connectivity index is 2.31. The van der Waals surface area contributed by atoms with Gasteiger partial charge < -0.3 is 10.1 Å². The zero-order valence-corrected chi connectivity index (χ0v) is 11.3. The summed E-state index contributed by atoms with van der Waals surface area (Å²) in [7, 11) is 0. The first kappa shape index (κ1) is 14.4. The number of amides is 1. The maximum Gasteiger partial charge on any atom is 0.257 e. The van der Waals surface area contributed by atoms with Crippen LogP contribution in [-0.2, 0) is 4.79 Å². The van der Waals surface area contributed by atoms with E-state index in [0.717, 1.165) is 0 Å². The van der Waals surface area contributed by atoms with Crippen molar-refractivity contribution in [1.82, 2.24) is 5.32 Å². The van der Waals surface area contributed by atoms with Crippen LogP contribution in [0.15, 0.2) is 24.3 Å². The Morgan fingerprint density at radius 2 is 2.17 bits per heavy atom. The van der Waals surface area contributed by atoms with Gasteiger partial charge in [-0.1, -0.05) is 6.92 Å². The van der Waals surface area contributed by atoms with E-state index in [-0.39, 0.29) is 12.5 Å². The lowest BCUT2D eigenvalue weighted by molar-refractivity contribution is -0.123. The fourth-order valence-corrected chi connectivity index (χ4v) is 1.42. The molecule has 0 heterocycles. The van der Waals surface area contributed by atoms with Gasteiger partial charge >= 0.3 is 0 Å². The number of thioether (sulfide) groups is 1. The van der Waals surface area contributed by atoms with Crippen LogP contribution in [0.2, 0.25) is 0 Å².